The van der Waals surface area contributed by atoms with Gasteiger partial charge in [-0.3, -0.25) is 4.79 Å². The third kappa shape index (κ3) is 3.28. The Balaban J connectivity index is 1.58. The first-order valence-corrected chi connectivity index (χ1v) is 7.12. The van der Waals surface area contributed by atoms with E-state index >= 15 is 0 Å². The Bertz CT molecular complexity index is 643. The summed E-state index contributed by atoms with van der Waals surface area (Å²) >= 11 is 5.83. The molecule has 0 aliphatic carbocycles. The lowest BCUT2D eigenvalue weighted by molar-refractivity contribution is -0.127. The molecular formula is C16H15ClN2O2. The van der Waals surface area contributed by atoms with Crippen molar-refractivity contribution in [1.82, 2.24) is 5.32 Å². The summed E-state index contributed by atoms with van der Waals surface area (Å²) in [5, 5.41) is 6.75. The fourth-order valence-electron chi connectivity index (χ4n) is 2.16. The minimum atomic E-state index is -0.521. The van der Waals surface area contributed by atoms with E-state index in [9.17, 15) is 4.79 Å². The Kier molecular flexibility index (Phi) is 3.97. The van der Waals surface area contributed by atoms with E-state index in [0.717, 1.165) is 11.3 Å². The molecule has 0 saturated heterocycles. The zero-order valence-corrected chi connectivity index (χ0v) is 12.1. The highest BCUT2D eigenvalue weighted by Crippen LogP contribution is 2.28. The molecule has 0 saturated carbocycles. The van der Waals surface area contributed by atoms with E-state index in [2.05, 4.69) is 10.6 Å². The molecule has 2 aromatic rings. The topological polar surface area (TPSA) is 50.4 Å². The second-order valence-corrected chi connectivity index (χ2v) is 5.26. The van der Waals surface area contributed by atoms with Crippen molar-refractivity contribution in [3.63, 3.8) is 0 Å². The number of anilines is 1. The van der Waals surface area contributed by atoms with Gasteiger partial charge < -0.3 is 15.4 Å². The number of nitrogens with one attached hydrogen (secondary N) is 2. The summed E-state index contributed by atoms with van der Waals surface area (Å²) in [4.78, 5) is 12.1. The van der Waals surface area contributed by atoms with Crippen molar-refractivity contribution in [3.8, 4) is 5.75 Å². The molecule has 21 heavy (non-hydrogen) atoms. The number of carbonyl (C=O) groups excluding carboxylic acids is 1. The smallest absolute Gasteiger partial charge is 0.263 e. The Morgan fingerprint density at radius 3 is 2.81 bits per heavy atom. The second-order valence-electron chi connectivity index (χ2n) is 4.83. The summed E-state index contributed by atoms with van der Waals surface area (Å²) in [6.07, 6.45) is -0.521. The Morgan fingerprint density at radius 2 is 2.00 bits per heavy atom. The lowest BCUT2D eigenvalue weighted by atomic mass is 10.2. The number of rotatable bonds is 3. The molecule has 0 spiro atoms. The van der Waals surface area contributed by atoms with Crippen molar-refractivity contribution < 1.29 is 9.53 Å². The first kappa shape index (κ1) is 13.8. The minimum absolute atomic E-state index is 0.132. The van der Waals surface area contributed by atoms with Gasteiger partial charge in [-0.05, 0) is 29.8 Å². The van der Waals surface area contributed by atoms with Gasteiger partial charge in [0.2, 0.25) is 0 Å². The zero-order chi connectivity index (χ0) is 14.7. The molecule has 5 heteroatoms. The number of fused-ring (bicyclic) bond motifs is 1. The Hall–Kier alpha value is -2.20. The summed E-state index contributed by atoms with van der Waals surface area (Å²) in [6.45, 7) is 0.918. The molecule has 2 N–H and O–H groups in total. The Labute approximate surface area is 128 Å². The van der Waals surface area contributed by atoms with E-state index in [1.807, 2.05) is 36.4 Å². The van der Waals surface area contributed by atoms with Gasteiger partial charge in [0, 0.05) is 11.6 Å². The van der Waals surface area contributed by atoms with E-state index < -0.39 is 6.10 Å². The number of amides is 1. The number of ether oxygens (including phenoxy) is 1. The molecule has 1 amide bonds. The summed E-state index contributed by atoms with van der Waals surface area (Å²) in [5.74, 6) is 0.572. The van der Waals surface area contributed by atoms with Gasteiger partial charge in [0.05, 0.1) is 12.2 Å². The van der Waals surface area contributed by atoms with Gasteiger partial charge in [-0.15, -0.1) is 0 Å². The maximum Gasteiger partial charge on any atom is 0.263 e. The maximum atomic E-state index is 12.1. The highest BCUT2D eigenvalue weighted by Gasteiger charge is 2.25. The first-order valence-electron chi connectivity index (χ1n) is 6.74. The molecule has 0 fully saturated rings. The van der Waals surface area contributed by atoms with Crippen LogP contribution in [0, 0.1) is 0 Å². The van der Waals surface area contributed by atoms with E-state index in [1.54, 1.807) is 12.1 Å². The number of para-hydroxylation sites is 2. The monoisotopic (exact) mass is 302 g/mol. The summed E-state index contributed by atoms with van der Waals surface area (Å²) < 4.78 is 5.71. The number of hydrogen-bond donors (Lipinski definition) is 2. The first-order chi connectivity index (χ1) is 10.2. The third-order valence-electron chi connectivity index (χ3n) is 3.31. The lowest BCUT2D eigenvalue weighted by Gasteiger charge is -2.26. The van der Waals surface area contributed by atoms with Gasteiger partial charge in [-0.25, -0.2) is 0 Å². The van der Waals surface area contributed by atoms with E-state index in [1.165, 1.54) is 0 Å². The van der Waals surface area contributed by atoms with E-state index in [4.69, 9.17) is 16.3 Å². The van der Waals surface area contributed by atoms with Gasteiger partial charge in [0.15, 0.2) is 6.10 Å². The third-order valence-corrected chi connectivity index (χ3v) is 3.56. The summed E-state index contributed by atoms with van der Waals surface area (Å²) in [5.41, 5.74) is 1.91. The second kappa shape index (κ2) is 6.06. The van der Waals surface area contributed by atoms with Crippen molar-refractivity contribution in [2.75, 3.05) is 11.9 Å². The van der Waals surface area contributed by atoms with Crippen LogP contribution in [0.3, 0.4) is 0 Å². The van der Waals surface area contributed by atoms with Crippen LogP contribution in [0.1, 0.15) is 5.56 Å². The molecule has 1 unspecified atom stereocenters. The zero-order valence-electron chi connectivity index (χ0n) is 11.3. The molecule has 1 aliphatic rings. The highest BCUT2D eigenvalue weighted by molar-refractivity contribution is 6.30. The highest BCUT2D eigenvalue weighted by atomic mass is 35.5. The summed E-state index contributed by atoms with van der Waals surface area (Å²) in [7, 11) is 0. The molecule has 1 aliphatic heterocycles. The number of halogens is 1. The molecule has 108 valence electrons. The molecule has 0 radical (unpaired) electrons. The van der Waals surface area contributed by atoms with Crippen LogP contribution in [0.15, 0.2) is 48.5 Å². The fourth-order valence-corrected chi connectivity index (χ4v) is 2.29. The van der Waals surface area contributed by atoms with Crippen LogP contribution in [-0.4, -0.2) is 18.6 Å². The molecule has 0 aromatic heterocycles. The normalized spacial score (nSPS) is 16.3. The minimum Gasteiger partial charge on any atom is -0.477 e. The van der Waals surface area contributed by atoms with Crippen LogP contribution in [0.2, 0.25) is 5.02 Å². The average molecular weight is 303 g/mol. The SMILES string of the molecule is O=C(NCc1ccc(Cl)cc1)C1CNc2ccccc2O1. The van der Waals surface area contributed by atoms with Gasteiger partial charge in [0.25, 0.3) is 5.91 Å². The fraction of sp³-hybridized carbons (Fsp3) is 0.188. The van der Waals surface area contributed by atoms with Crippen LogP contribution in [-0.2, 0) is 11.3 Å². The predicted octanol–water partition coefficient (Wildman–Crippen LogP) is 2.83. The molecule has 4 nitrogen and oxygen atoms in total. The lowest BCUT2D eigenvalue weighted by Crippen LogP contribution is -2.44. The van der Waals surface area contributed by atoms with Crippen molar-refractivity contribution in [3.05, 3.63) is 59.1 Å². The standard InChI is InChI=1S/C16H15ClN2O2/c17-12-7-5-11(6-8-12)9-19-16(20)15-10-18-13-3-1-2-4-14(13)21-15/h1-8,15,18H,9-10H2,(H,19,20). The van der Waals surface area contributed by atoms with Gasteiger partial charge in [-0.2, -0.15) is 0 Å². The number of benzene rings is 2. The van der Waals surface area contributed by atoms with Crippen molar-refractivity contribution >= 4 is 23.2 Å². The summed E-state index contributed by atoms with van der Waals surface area (Å²) in [6, 6.07) is 15.0. The average Bonchev–Trinajstić information content (AvgIpc) is 2.53. The molecule has 1 atom stereocenters. The van der Waals surface area contributed by atoms with Crippen LogP contribution >= 0.6 is 11.6 Å². The number of carbonyl (C=O) groups is 1. The van der Waals surface area contributed by atoms with Crippen molar-refractivity contribution in [2.24, 2.45) is 0 Å². The van der Waals surface area contributed by atoms with E-state index in [-0.39, 0.29) is 5.91 Å². The van der Waals surface area contributed by atoms with Crippen LogP contribution in [0.4, 0.5) is 5.69 Å². The van der Waals surface area contributed by atoms with Gasteiger partial charge in [-0.1, -0.05) is 35.9 Å². The van der Waals surface area contributed by atoms with Gasteiger partial charge >= 0.3 is 0 Å². The maximum absolute atomic E-state index is 12.1. The van der Waals surface area contributed by atoms with Crippen molar-refractivity contribution in [1.29, 1.82) is 0 Å². The molecule has 1 heterocycles. The molecular weight excluding hydrogens is 288 g/mol. The number of hydrogen-bond acceptors (Lipinski definition) is 3. The van der Waals surface area contributed by atoms with Crippen molar-refractivity contribution in [2.45, 2.75) is 12.6 Å². The largest absolute Gasteiger partial charge is 0.477 e. The van der Waals surface area contributed by atoms with Crippen LogP contribution in [0.5, 0.6) is 5.75 Å². The Morgan fingerprint density at radius 1 is 1.24 bits per heavy atom. The van der Waals surface area contributed by atoms with E-state index in [0.29, 0.717) is 23.9 Å². The van der Waals surface area contributed by atoms with Crippen LogP contribution in [0.25, 0.3) is 0 Å². The molecule has 3 rings (SSSR count). The molecule has 0 bridgehead atoms. The quantitative estimate of drug-likeness (QED) is 0.916. The van der Waals surface area contributed by atoms with Gasteiger partial charge in [0.1, 0.15) is 5.75 Å². The predicted molar refractivity (Wildman–Crippen MR) is 82.6 cm³/mol. The van der Waals surface area contributed by atoms with Crippen LogP contribution < -0.4 is 15.4 Å². The molecule has 2 aromatic carbocycles.